The molecular formula is C13H11BFNO4S. The zero-order valence-electron chi connectivity index (χ0n) is 10.7. The number of fused-ring (bicyclic) bond motifs is 1. The topological polar surface area (TPSA) is 78.8 Å². The molecule has 1 atom stereocenters. The molecule has 0 aromatic heterocycles. The number of benzene rings is 2. The van der Waals surface area contributed by atoms with Crippen LogP contribution in [0.3, 0.4) is 0 Å². The number of hydrogen-bond acceptors (Lipinski definition) is 4. The van der Waals surface area contributed by atoms with Crippen LogP contribution in [0.25, 0.3) is 11.1 Å². The van der Waals surface area contributed by atoms with Crippen molar-refractivity contribution >= 4 is 34.1 Å². The maximum Gasteiger partial charge on any atom is 0.491 e. The second-order valence-corrected chi connectivity index (χ2v) is 6.22. The van der Waals surface area contributed by atoms with Crippen molar-refractivity contribution < 1.29 is 22.8 Å². The molecule has 1 heterocycles. The molecule has 1 aliphatic heterocycles. The molecular weight excluding hydrogens is 296 g/mol. The third-order valence-electron chi connectivity index (χ3n) is 3.08. The number of hydrogen-bond donors (Lipinski definition) is 3. The third kappa shape index (κ3) is 2.60. The van der Waals surface area contributed by atoms with Crippen LogP contribution in [0.5, 0.6) is 5.75 Å². The van der Waals surface area contributed by atoms with Gasteiger partial charge in [-0.25, -0.2) is 8.60 Å². The fourth-order valence-electron chi connectivity index (χ4n) is 2.11. The van der Waals surface area contributed by atoms with Gasteiger partial charge in [-0.3, -0.25) is 4.72 Å². The van der Waals surface area contributed by atoms with Gasteiger partial charge in [0.1, 0.15) is 5.82 Å². The van der Waals surface area contributed by atoms with Gasteiger partial charge in [0.2, 0.25) is 9.99 Å². The molecule has 0 bridgehead atoms. The summed E-state index contributed by atoms with van der Waals surface area (Å²) in [5, 5.41) is 18.3. The Hall–Kier alpha value is -2.03. The highest BCUT2D eigenvalue weighted by atomic mass is 32.2. The highest BCUT2D eigenvalue weighted by Gasteiger charge is 2.21. The summed E-state index contributed by atoms with van der Waals surface area (Å²) in [4.78, 5) is 0. The van der Waals surface area contributed by atoms with Gasteiger partial charge in [-0.05, 0) is 29.3 Å². The van der Waals surface area contributed by atoms with Crippen molar-refractivity contribution in [2.75, 3.05) is 4.72 Å². The van der Waals surface area contributed by atoms with Crippen LogP contribution < -0.4 is 14.4 Å². The van der Waals surface area contributed by atoms with E-state index >= 15 is 0 Å². The van der Waals surface area contributed by atoms with E-state index in [0.29, 0.717) is 22.6 Å². The number of nitrogens with one attached hydrogen (secondary N) is 1. The second-order valence-electron chi connectivity index (χ2n) is 4.62. The lowest BCUT2D eigenvalue weighted by molar-refractivity contribution is 0.423. The Labute approximate surface area is 121 Å². The molecule has 0 amide bonds. The fraction of sp³-hybridized carbons (Fsp3) is 0. The summed E-state index contributed by atoms with van der Waals surface area (Å²) in [5.74, 6) is 3.09. The van der Waals surface area contributed by atoms with Gasteiger partial charge in [-0.2, -0.15) is 0 Å². The van der Waals surface area contributed by atoms with Gasteiger partial charge < -0.3 is 14.2 Å². The molecule has 0 fully saturated rings. The molecule has 3 N–H and O–H groups in total. The van der Waals surface area contributed by atoms with Crippen LogP contribution in [0.1, 0.15) is 0 Å². The maximum absolute atomic E-state index is 13.5. The molecule has 108 valence electrons. The minimum atomic E-state index is -2.82. The molecule has 3 rings (SSSR count). The Balaban J connectivity index is 2.05. The smallest absolute Gasteiger partial charge is 0.423 e. The van der Waals surface area contributed by atoms with Crippen molar-refractivity contribution in [1.29, 1.82) is 0 Å². The largest absolute Gasteiger partial charge is 0.491 e. The number of anilines is 1. The first-order chi connectivity index (χ1) is 9.85. The zero-order valence-corrected chi connectivity index (χ0v) is 11.6. The monoisotopic (exact) mass is 307 g/mol. The Kier molecular flexibility index (Phi) is 3.16. The van der Waals surface area contributed by atoms with E-state index in [4.69, 9.17) is 14.2 Å². The van der Waals surface area contributed by atoms with Crippen molar-refractivity contribution in [1.82, 2.24) is 0 Å². The van der Waals surface area contributed by atoms with E-state index in [0.717, 1.165) is 6.07 Å². The molecule has 1 unspecified atom stereocenters. The molecule has 0 saturated carbocycles. The minimum absolute atomic E-state index is 0.215. The van der Waals surface area contributed by atoms with Crippen molar-refractivity contribution in [3.05, 3.63) is 42.2 Å². The predicted octanol–water partition coefficient (Wildman–Crippen LogP) is 0.523. The molecule has 0 radical (unpaired) electrons. The van der Waals surface area contributed by atoms with E-state index < -0.39 is 22.9 Å². The van der Waals surface area contributed by atoms with Crippen molar-refractivity contribution in [2.45, 2.75) is 0 Å². The summed E-state index contributed by atoms with van der Waals surface area (Å²) in [6.07, 6.45) is 0. The van der Waals surface area contributed by atoms with Gasteiger partial charge in [-0.15, -0.1) is 0 Å². The van der Waals surface area contributed by atoms with Crippen molar-refractivity contribution in [3.63, 3.8) is 0 Å². The van der Waals surface area contributed by atoms with E-state index in [-0.39, 0.29) is 5.46 Å². The molecule has 0 aliphatic carbocycles. The Morgan fingerprint density at radius 1 is 1.19 bits per heavy atom. The summed E-state index contributed by atoms with van der Waals surface area (Å²) in [6, 6.07) is 9.01. The van der Waals surface area contributed by atoms with Crippen LogP contribution in [0.2, 0.25) is 0 Å². The van der Waals surface area contributed by atoms with Crippen LogP contribution in [-0.4, -0.2) is 27.2 Å². The van der Waals surface area contributed by atoms with E-state index in [1.165, 1.54) is 12.1 Å². The molecule has 8 heteroatoms. The van der Waals surface area contributed by atoms with Crippen LogP contribution >= 0.6 is 0 Å². The molecule has 1 aliphatic rings. The van der Waals surface area contributed by atoms with Gasteiger partial charge in [0.05, 0.1) is 5.69 Å². The van der Waals surface area contributed by atoms with Crippen molar-refractivity contribution in [2.24, 2.45) is 0 Å². The molecule has 21 heavy (non-hydrogen) atoms. The zero-order chi connectivity index (χ0) is 15.2. The summed E-state index contributed by atoms with van der Waals surface area (Å²) < 4.78 is 33.0. The number of halogens is 1. The first kappa shape index (κ1) is 13.9. The Morgan fingerprint density at radius 2 is 1.86 bits per heavy atom. The summed E-state index contributed by atoms with van der Waals surface area (Å²) in [7, 11) is -4.72. The lowest BCUT2D eigenvalue weighted by Gasteiger charge is -2.07. The molecule has 5 nitrogen and oxygen atoms in total. The first-order valence-corrected chi connectivity index (χ1v) is 7.65. The predicted molar refractivity (Wildman–Crippen MR) is 81.2 cm³/mol. The summed E-state index contributed by atoms with van der Waals surface area (Å²) in [5.41, 5.74) is 1.58. The third-order valence-corrected chi connectivity index (χ3v) is 4.06. The molecule has 2 aromatic rings. The standard InChI is InChI=1S/C13H11BFNO4S/c1-21(19)16-12-5-3-9(7-13(12)20-21)8-2-4-11(15)10(6-8)14(17)18/h2-7,17-18H,1H2,(H,16,19). The average Bonchev–Trinajstić information content (AvgIpc) is 2.71. The van der Waals surface area contributed by atoms with E-state index in [9.17, 15) is 8.60 Å². The highest BCUT2D eigenvalue weighted by molar-refractivity contribution is 7.97. The minimum Gasteiger partial charge on any atom is -0.423 e. The quantitative estimate of drug-likeness (QED) is 0.558. The summed E-state index contributed by atoms with van der Waals surface area (Å²) in [6.45, 7) is 0. The van der Waals surface area contributed by atoms with Gasteiger partial charge in [0.15, 0.2) is 5.75 Å². The summed E-state index contributed by atoms with van der Waals surface area (Å²) >= 11 is 0. The van der Waals surface area contributed by atoms with E-state index in [1.54, 1.807) is 18.2 Å². The van der Waals surface area contributed by atoms with Crippen molar-refractivity contribution in [3.8, 4) is 16.9 Å². The normalized spacial score (nSPS) is 19.6. The fourth-order valence-corrected chi connectivity index (χ4v) is 3.08. The molecule has 0 saturated heterocycles. The van der Waals surface area contributed by atoms with E-state index in [2.05, 4.69) is 10.6 Å². The molecule has 0 spiro atoms. The highest BCUT2D eigenvalue weighted by Crippen LogP contribution is 2.36. The number of rotatable bonds is 2. The first-order valence-electron chi connectivity index (χ1n) is 6.00. The van der Waals surface area contributed by atoms with E-state index in [1.807, 2.05) is 0 Å². The van der Waals surface area contributed by atoms with Gasteiger partial charge >= 0.3 is 7.12 Å². The Morgan fingerprint density at radius 3 is 2.57 bits per heavy atom. The second kappa shape index (κ2) is 4.76. The molecule has 2 aromatic carbocycles. The van der Waals surface area contributed by atoms with Gasteiger partial charge in [-0.1, -0.05) is 18.2 Å². The van der Waals surface area contributed by atoms with Gasteiger partial charge in [0, 0.05) is 11.3 Å². The van der Waals surface area contributed by atoms with Crippen LogP contribution in [0.15, 0.2) is 36.4 Å². The van der Waals surface area contributed by atoms with Crippen LogP contribution in [0, 0.1) is 5.82 Å². The van der Waals surface area contributed by atoms with Crippen LogP contribution in [-0.2, 0) is 9.99 Å². The lowest BCUT2D eigenvalue weighted by atomic mass is 9.78. The van der Waals surface area contributed by atoms with Crippen LogP contribution in [0.4, 0.5) is 10.1 Å². The lowest BCUT2D eigenvalue weighted by Crippen LogP contribution is -2.32. The SMILES string of the molecule is C=S1(=O)Nc2ccc(-c3ccc(F)c(B(O)O)c3)cc2O1. The Bertz CT molecular complexity index is 823. The maximum atomic E-state index is 13.5. The average molecular weight is 307 g/mol. The van der Waals surface area contributed by atoms with Gasteiger partial charge in [0.25, 0.3) is 0 Å².